The van der Waals surface area contributed by atoms with E-state index in [1.54, 1.807) is 6.20 Å². The molecular weight excluding hydrogens is 289 g/mol. The summed E-state index contributed by atoms with van der Waals surface area (Å²) < 4.78 is 14.1. The van der Waals surface area contributed by atoms with Crippen LogP contribution in [0.25, 0.3) is 0 Å². The highest BCUT2D eigenvalue weighted by atomic mass is 31.2. The van der Waals surface area contributed by atoms with E-state index < -0.39 is 7.14 Å². The highest BCUT2D eigenvalue weighted by molar-refractivity contribution is 7.79. The summed E-state index contributed by atoms with van der Waals surface area (Å²) in [5, 5.41) is 1.75. The standard InChI is InChI=1S/C19H18NOP/c1-16(19-14-8-9-15-20-19)22(21,17-10-4-2-5-11-17)18-12-6-3-7-13-18/h2-16H,1H3. The summed E-state index contributed by atoms with van der Waals surface area (Å²) in [4.78, 5) is 4.42. The molecular formula is C19H18NOP. The third-order valence-electron chi connectivity index (χ3n) is 3.94. The van der Waals surface area contributed by atoms with Crippen molar-refractivity contribution in [2.24, 2.45) is 0 Å². The van der Waals surface area contributed by atoms with Crippen molar-refractivity contribution in [3.63, 3.8) is 0 Å². The number of benzene rings is 2. The Morgan fingerprint density at radius 1 is 0.773 bits per heavy atom. The predicted molar refractivity (Wildman–Crippen MR) is 92.4 cm³/mol. The van der Waals surface area contributed by atoms with Gasteiger partial charge in [0, 0.05) is 16.8 Å². The van der Waals surface area contributed by atoms with Crippen molar-refractivity contribution in [1.82, 2.24) is 4.98 Å². The fourth-order valence-corrected chi connectivity index (χ4v) is 5.65. The number of aromatic nitrogens is 1. The Labute approximate surface area is 131 Å². The van der Waals surface area contributed by atoms with Crippen LogP contribution in [0.3, 0.4) is 0 Å². The monoisotopic (exact) mass is 307 g/mol. The maximum absolute atomic E-state index is 14.1. The first-order valence-corrected chi connectivity index (χ1v) is 9.12. The van der Waals surface area contributed by atoms with E-state index in [9.17, 15) is 4.57 Å². The molecule has 0 spiro atoms. The number of hydrogen-bond donors (Lipinski definition) is 0. The average Bonchev–Trinajstić information content (AvgIpc) is 2.62. The molecule has 1 atom stereocenters. The van der Waals surface area contributed by atoms with E-state index in [0.717, 1.165) is 16.3 Å². The van der Waals surface area contributed by atoms with Gasteiger partial charge in [-0.1, -0.05) is 66.7 Å². The lowest BCUT2D eigenvalue weighted by Crippen LogP contribution is -2.20. The van der Waals surface area contributed by atoms with Crippen LogP contribution in [0.1, 0.15) is 18.3 Å². The predicted octanol–water partition coefficient (Wildman–Crippen LogP) is 4.16. The van der Waals surface area contributed by atoms with Gasteiger partial charge in [-0.05, 0) is 19.1 Å². The van der Waals surface area contributed by atoms with E-state index in [2.05, 4.69) is 4.98 Å². The molecule has 0 N–H and O–H groups in total. The third kappa shape index (κ3) is 2.63. The first-order valence-electron chi connectivity index (χ1n) is 7.35. The molecule has 0 fully saturated rings. The highest BCUT2D eigenvalue weighted by Gasteiger charge is 2.35. The van der Waals surface area contributed by atoms with Crippen LogP contribution in [0.4, 0.5) is 0 Å². The lowest BCUT2D eigenvalue weighted by atomic mass is 10.3. The second-order valence-corrected chi connectivity index (χ2v) is 8.38. The van der Waals surface area contributed by atoms with Gasteiger partial charge in [0.1, 0.15) is 0 Å². The number of rotatable bonds is 4. The minimum absolute atomic E-state index is 0.168. The molecule has 0 bridgehead atoms. The molecule has 1 unspecified atom stereocenters. The molecule has 0 aliphatic heterocycles. The SMILES string of the molecule is CC(c1ccccn1)P(=O)(c1ccccc1)c1ccccc1. The van der Waals surface area contributed by atoms with Crippen molar-refractivity contribution >= 4 is 17.8 Å². The quantitative estimate of drug-likeness (QED) is 0.678. The van der Waals surface area contributed by atoms with E-state index in [1.807, 2.05) is 85.8 Å². The summed E-state index contributed by atoms with van der Waals surface area (Å²) in [6.07, 6.45) is 1.76. The molecule has 3 heteroatoms. The summed E-state index contributed by atoms with van der Waals surface area (Å²) in [7, 11) is -2.80. The van der Waals surface area contributed by atoms with Gasteiger partial charge in [0.25, 0.3) is 0 Å². The van der Waals surface area contributed by atoms with Crippen molar-refractivity contribution in [1.29, 1.82) is 0 Å². The minimum atomic E-state index is -2.80. The fraction of sp³-hybridized carbons (Fsp3) is 0.105. The lowest BCUT2D eigenvalue weighted by molar-refractivity contribution is 0.580. The molecule has 1 aromatic heterocycles. The number of pyridine rings is 1. The Morgan fingerprint density at radius 2 is 1.27 bits per heavy atom. The maximum atomic E-state index is 14.1. The zero-order valence-electron chi connectivity index (χ0n) is 12.5. The second-order valence-electron chi connectivity index (χ2n) is 5.26. The van der Waals surface area contributed by atoms with Crippen molar-refractivity contribution in [3.05, 3.63) is 90.8 Å². The Kier molecular flexibility index (Phi) is 4.22. The minimum Gasteiger partial charge on any atom is -0.313 e. The van der Waals surface area contributed by atoms with Gasteiger partial charge in [0.05, 0.1) is 11.4 Å². The summed E-state index contributed by atoms with van der Waals surface area (Å²) >= 11 is 0. The van der Waals surface area contributed by atoms with E-state index >= 15 is 0 Å². The van der Waals surface area contributed by atoms with Gasteiger partial charge in [-0.3, -0.25) is 4.98 Å². The largest absolute Gasteiger partial charge is 0.313 e. The van der Waals surface area contributed by atoms with Crippen LogP contribution in [0.15, 0.2) is 85.1 Å². The van der Waals surface area contributed by atoms with E-state index in [1.165, 1.54) is 0 Å². The molecule has 0 saturated carbocycles. The Hall–Kier alpha value is -2.18. The Balaban J connectivity index is 2.18. The summed E-state index contributed by atoms with van der Waals surface area (Å²) in [6, 6.07) is 25.2. The van der Waals surface area contributed by atoms with Crippen LogP contribution in [-0.4, -0.2) is 4.98 Å². The van der Waals surface area contributed by atoms with Crippen molar-refractivity contribution in [2.45, 2.75) is 12.6 Å². The third-order valence-corrected chi connectivity index (χ3v) is 7.43. The van der Waals surface area contributed by atoms with Crippen LogP contribution in [0.5, 0.6) is 0 Å². The number of hydrogen-bond acceptors (Lipinski definition) is 2. The topological polar surface area (TPSA) is 30.0 Å². The van der Waals surface area contributed by atoms with Gasteiger partial charge in [-0.2, -0.15) is 0 Å². The van der Waals surface area contributed by atoms with Crippen LogP contribution >= 0.6 is 7.14 Å². The van der Waals surface area contributed by atoms with Gasteiger partial charge in [0.2, 0.25) is 0 Å². The van der Waals surface area contributed by atoms with Gasteiger partial charge >= 0.3 is 0 Å². The van der Waals surface area contributed by atoms with Crippen LogP contribution < -0.4 is 10.6 Å². The van der Waals surface area contributed by atoms with Gasteiger partial charge < -0.3 is 4.57 Å². The molecule has 110 valence electrons. The molecule has 0 radical (unpaired) electrons. The highest BCUT2D eigenvalue weighted by Crippen LogP contribution is 2.56. The van der Waals surface area contributed by atoms with Gasteiger partial charge in [0.15, 0.2) is 7.14 Å². The summed E-state index contributed by atoms with van der Waals surface area (Å²) in [5.74, 6) is 0. The molecule has 2 nitrogen and oxygen atoms in total. The van der Waals surface area contributed by atoms with Gasteiger partial charge in [-0.15, -0.1) is 0 Å². The molecule has 0 aliphatic carbocycles. The van der Waals surface area contributed by atoms with E-state index in [0.29, 0.717) is 0 Å². The van der Waals surface area contributed by atoms with E-state index in [-0.39, 0.29) is 5.66 Å². The Morgan fingerprint density at radius 3 is 1.73 bits per heavy atom. The molecule has 0 saturated heterocycles. The molecule has 3 aromatic rings. The van der Waals surface area contributed by atoms with Crippen LogP contribution in [0.2, 0.25) is 0 Å². The molecule has 1 heterocycles. The smallest absolute Gasteiger partial charge is 0.151 e. The van der Waals surface area contributed by atoms with Crippen molar-refractivity contribution in [3.8, 4) is 0 Å². The zero-order chi connectivity index (χ0) is 15.4. The summed E-state index contributed by atoms with van der Waals surface area (Å²) in [5.41, 5.74) is 0.692. The molecule has 0 amide bonds. The van der Waals surface area contributed by atoms with E-state index in [4.69, 9.17) is 0 Å². The molecule has 3 rings (SSSR count). The zero-order valence-corrected chi connectivity index (χ0v) is 13.4. The van der Waals surface area contributed by atoms with Crippen molar-refractivity contribution < 1.29 is 4.57 Å². The second kappa shape index (κ2) is 6.29. The van der Waals surface area contributed by atoms with Gasteiger partial charge in [-0.25, -0.2) is 0 Å². The van der Waals surface area contributed by atoms with Crippen molar-refractivity contribution in [2.75, 3.05) is 0 Å². The molecule has 22 heavy (non-hydrogen) atoms. The first kappa shape index (κ1) is 14.7. The average molecular weight is 307 g/mol. The lowest BCUT2D eigenvalue weighted by Gasteiger charge is -2.25. The van der Waals surface area contributed by atoms with Crippen LogP contribution in [-0.2, 0) is 4.57 Å². The maximum Gasteiger partial charge on any atom is 0.151 e. The first-order chi connectivity index (χ1) is 10.7. The molecule has 0 aliphatic rings. The van der Waals surface area contributed by atoms with Crippen LogP contribution in [0, 0.1) is 0 Å². The molecule has 2 aromatic carbocycles. The fourth-order valence-electron chi connectivity index (χ4n) is 2.70. The number of nitrogens with zero attached hydrogens (tertiary/aromatic N) is 1. The normalized spacial score (nSPS) is 12.8. The Bertz CT molecular complexity index is 729. The summed E-state index contributed by atoms with van der Waals surface area (Å²) in [6.45, 7) is 2.00.